The second-order valence-electron chi connectivity index (χ2n) is 4.74. The standard InChI is InChI=1S/C13H22N2O4/c1-4-18-9-15-7-11(12(16)14-13(15)17)8-19-6-5-10(2)3/h7,10H,4-6,8-9H2,1-3H3,(H,14,16,17). The summed E-state index contributed by atoms with van der Waals surface area (Å²) in [6.45, 7) is 7.50. The molecule has 0 fully saturated rings. The van der Waals surface area contributed by atoms with Gasteiger partial charge in [-0.05, 0) is 19.3 Å². The lowest BCUT2D eigenvalue weighted by Gasteiger charge is -2.09. The number of nitrogens with zero attached hydrogens (tertiary/aromatic N) is 1. The van der Waals surface area contributed by atoms with Gasteiger partial charge in [-0.2, -0.15) is 0 Å². The van der Waals surface area contributed by atoms with Gasteiger partial charge in [-0.15, -0.1) is 0 Å². The zero-order chi connectivity index (χ0) is 14.3. The van der Waals surface area contributed by atoms with Gasteiger partial charge >= 0.3 is 5.69 Å². The number of ether oxygens (including phenoxy) is 2. The molecule has 1 aromatic rings. The fourth-order valence-electron chi connectivity index (χ4n) is 1.44. The van der Waals surface area contributed by atoms with Crippen LogP contribution >= 0.6 is 0 Å². The minimum atomic E-state index is -0.468. The maximum absolute atomic E-state index is 11.6. The smallest absolute Gasteiger partial charge is 0.330 e. The van der Waals surface area contributed by atoms with E-state index < -0.39 is 11.2 Å². The molecular weight excluding hydrogens is 248 g/mol. The molecule has 6 nitrogen and oxygen atoms in total. The highest BCUT2D eigenvalue weighted by molar-refractivity contribution is 5.02. The van der Waals surface area contributed by atoms with E-state index in [9.17, 15) is 9.59 Å². The van der Waals surface area contributed by atoms with E-state index in [1.54, 1.807) is 0 Å². The summed E-state index contributed by atoms with van der Waals surface area (Å²) in [7, 11) is 0. The third-order valence-corrected chi connectivity index (χ3v) is 2.62. The van der Waals surface area contributed by atoms with Gasteiger partial charge in [-0.1, -0.05) is 13.8 Å². The van der Waals surface area contributed by atoms with Crippen molar-refractivity contribution in [3.8, 4) is 0 Å². The van der Waals surface area contributed by atoms with E-state index in [1.165, 1.54) is 10.8 Å². The van der Waals surface area contributed by atoms with Crippen molar-refractivity contribution in [1.82, 2.24) is 9.55 Å². The summed E-state index contributed by atoms with van der Waals surface area (Å²) in [5.41, 5.74) is -0.435. The lowest BCUT2D eigenvalue weighted by Crippen LogP contribution is -2.32. The lowest BCUT2D eigenvalue weighted by molar-refractivity contribution is 0.0819. The van der Waals surface area contributed by atoms with E-state index in [0.29, 0.717) is 24.7 Å². The van der Waals surface area contributed by atoms with Gasteiger partial charge in [0.05, 0.1) is 12.2 Å². The van der Waals surface area contributed by atoms with Crippen molar-refractivity contribution in [2.24, 2.45) is 5.92 Å². The van der Waals surface area contributed by atoms with Crippen molar-refractivity contribution >= 4 is 0 Å². The number of H-pyrrole nitrogens is 1. The predicted octanol–water partition coefficient (Wildman–Crippen LogP) is 1.09. The van der Waals surface area contributed by atoms with Gasteiger partial charge < -0.3 is 9.47 Å². The SMILES string of the molecule is CCOCn1cc(COCCC(C)C)c(=O)[nH]c1=O. The van der Waals surface area contributed by atoms with Gasteiger partial charge in [0.1, 0.15) is 6.73 Å². The van der Waals surface area contributed by atoms with E-state index in [0.717, 1.165) is 6.42 Å². The minimum absolute atomic E-state index is 0.130. The Morgan fingerprint density at radius 3 is 2.68 bits per heavy atom. The van der Waals surface area contributed by atoms with E-state index in [-0.39, 0.29) is 13.3 Å². The first-order chi connectivity index (χ1) is 9.04. The van der Waals surface area contributed by atoms with Crippen molar-refractivity contribution in [2.75, 3.05) is 13.2 Å². The molecule has 19 heavy (non-hydrogen) atoms. The summed E-state index contributed by atoms with van der Waals surface area (Å²) < 4.78 is 11.9. The van der Waals surface area contributed by atoms with Crippen LogP contribution in [0.4, 0.5) is 0 Å². The topological polar surface area (TPSA) is 73.3 Å². The monoisotopic (exact) mass is 270 g/mol. The lowest BCUT2D eigenvalue weighted by atomic mass is 10.1. The van der Waals surface area contributed by atoms with E-state index in [4.69, 9.17) is 9.47 Å². The predicted molar refractivity (Wildman–Crippen MR) is 72.1 cm³/mol. The average Bonchev–Trinajstić information content (AvgIpc) is 2.35. The van der Waals surface area contributed by atoms with Crippen LogP contribution in [0.3, 0.4) is 0 Å². The Hall–Kier alpha value is -1.40. The number of nitrogens with one attached hydrogen (secondary N) is 1. The Labute approximate surface area is 112 Å². The molecule has 0 aliphatic rings. The van der Waals surface area contributed by atoms with Crippen LogP contribution in [-0.4, -0.2) is 22.8 Å². The summed E-state index contributed by atoms with van der Waals surface area (Å²) in [5.74, 6) is 0.560. The maximum Gasteiger partial charge on any atom is 0.330 e. The van der Waals surface area contributed by atoms with Gasteiger partial charge in [0, 0.05) is 19.4 Å². The highest BCUT2D eigenvalue weighted by Gasteiger charge is 2.05. The molecule has 0 unspecified atom stereocenters. The molecule has 1 heterocycles. The largest absolute Gasteiger partial charge is 0.376 e. The second kappa shape index (κ2) is 7.91. The van der Waals surface area contributed by atoms with Crippen molar-refractivity contribution in [3.05, 3.63) is 32.6 Å². The molecular formula is C13H22N2O4. The van der Waals surface area contributed by atoms with E-state index >= 15 is 0 Å². The normalized spacial score (nSPS) is 11.2. The number of hydrogen-bond acceptors (Lipinski definition) is 4. The maximum atomic E-state index is 11.6. The molecule has 0 saturated heterocycles. The summed E-state index contributed by atoms with van der Waals surface area (Å²) >= 11 is 0. The highest BCUT2D eigenvalue weighted by Crippen LogP contribution is 2.01. The fraction of sp³-hybridized carbons (Fsp3) is 0.692. The third kappa shape index (κ3) is 5.40. The van der Waals surface area contributed by atoms with E-state index in [2.05, 4.69) is 18.8 Å². The molecule has 0 amide bonds. The van der Waals surface area contributed by atoms with Crippen LogP contribution in [0, 0.1) is 5.92 Å². The highest BCUT2D eigenvalue weighted by atomic mass is 16.5. The Kier molecular flexibility index (Phi) is 6.52. The molecule has 0 aliphatic carbocycles. The summed E-state index contributed by atoms with van der Waals surface area (Å²) in [6.07, 6.45) is 2.43. The Morgan fingerprint density at radius 1 is 1.32 bits per heavy atom. The number of aromatic amines is 1. The molecule has 1 N–H and O–H groups in total. The molecule has 0 radical (unpaired) electrons. The summed E-state index contributed by atoms with van der Waals surface area (Å²) in [6, 6.07) is 0. The fourth-order valence-corrected chi connectivity index (χ4v) is 1.44. The van der Waals surface area contributed by atoms with Gasteiger partial charge in [-0.25, -0.2) is 4.79 Å². The first kappa shape index (κ1) is 15.7. The minimum Gasteiger partial charge on any atom is -0.376 e. The van der Waals surface area contributed by atoms with Crippen LogP contribution in [0.1, 0.15) is 32.8 Å². The van der Waals surface area contributed by atoms with Crippen molar-refractivity contribution < 1.29 is 9.47 Å². The van der Waals surface area contributed by atoms with Gasteiger partial charge in [0.15, 0.2) is 0 Å². The molecule has 0 bridgehead atoms. The molecule has 0 atom stereocenters. The molecule has 6 heteroatoms. The molecule has 0 spiro atoms. The average molecular weight is 270 g/mol. The van der Waals surface area contributed by atoms with Crippen LogP contribution in [-0.2, 0) is 22.8 Å². The van der Waals surface area contributed by atoms with Crippen LogP contribution in [0.25, 0.3) is 0 Å². The van der Waals surface area contributed by atoms with Crippen LogP contribution < -0.4 is 11.2 Å². The zero-order valence-corrected chi connectivity index (χ0v) is 11.8. The third-order valence-electron chi connectivity index (χ3n) is 2.62. The van der Waals surface area contributed by atoms with Crippen LogP contribution in [0.15, 0.2) is 15.8 Å². The Bertz CT molecular complexity index is 490. The van der Waals surface area contributed by atoms with Crippen molar-refractivity contribution in [1.29, 1.82) is 0 Å². The van der Waals surface area contributed by atoms with Crippen molar-refractivity contribution in [3.63, 3.8) is 0 Å². The number of aromatic nitrogens is 2. The van der Waals surface area contributed by atoms with E-state index in [1.807, 2.05) is 6.92 Å². The Morgan fingerprint density at radius 2 is 2.05 bits per heavy atom. The first-order valence-electron chi connectivity index (χ1n) is 6.52. The quantitative estimate of drug-likeness (QED) is 0.718. The summed E-state index contributed by atoms with van der Waals surface area (Å²) in [4.78, 5) is 25.4. The molecule has 1 aromatic heterocycles. The van der Waals surface area contributed by atoms with Gasteiger partial charge in [0.2, 0.25) is 0 Å². The molecule has 1 rings (SSSR count). The zero-order valence-electron chi connectivity index (χ0n) is 11.8. The molecule has 108 valence electrons. The first-order valence-corrected chi connectivity index (χ1v) is 6.52. The second-order valence-corrected chi connectivity index (χ2v) is 4.74. The molecule has 0 saturated carbocycles. The summed E-state index contributed by atoms with van der Waals surface area (Å²) in [5, 5.41) is 0. The number of hydrogen-bond donors (Lipinski definition) is 1. The number of rotatable bonds is 8. The van der Waals surface area contributed by atoms with Crippen LogP contribution in [0.5, 0.6) is 0 Å². The molecule has 0 aliphatic heterocycles. The van der Waals surface area contributed by atoms with Crippen molar-refractivity contribution in [2.45, 2.75) is 40.5 Å². The Balaban J connectivity index is 2.66. The van der Waals surface area contributed by atoms with Crippen LogP contribution in [0.2, 0.25) is 0 Å². The van der Waals surface area contributed by atoms with Gasteiger partial charge in [-0.3, -0.25) is 14.3 Å². The van der Waals surface area contributed by atoms with Gasteiger partial charge in [0.25, 0.3) is 5.56 Å². The molecule has 0 aromatic carbocycles.